The van der Waals surface area contributed by atoms with E-state index in [0.29, 0.717) is 12.2 Å². The monoisotopic (exact) mass is 378 g/mol. The van der Waals surface area contributed by atoms with Gasteiger partial charge in [0, 0.05) is 25.0 Å². The number of hydrogen-bond donors (Lipinski definition) is 0. The Hall–Kier alpha value is -0.660. The number of hydrogen-bond acceptors (Lipinski definition) is 2. The Labute approximate surface area is 171 Å². The molecule has 1 aliphatic rings. The molecule has 0 spiro atoms. The van der Waals surface area contributed by atoms with Gasteiger partial charge in [0.1, 0.15) is 6.17 Å². The first-order chi connectivity index (χ1) is 13.2. The largest absolute Gasteiger partial charge is 0.356 e. The number of unbranched alkanes of at least 4 members (excludes halogenated alkanes) is 13. The average molecular weight is 379 g/mol. The van der Waals surface area contributed by atoms with E-state index in [1.54, 1.807) is 0 Å². The van der Waals surface area contributed by atoms with Crippen LogP contribution in [0.1, 0.15) is 130 Å². The summed E-state index contributed by atoms with van der Waals surface area (Å²) in [6.07, 6.45) is 27.9. The van der Waals surface area contributed by atoms with Crippen LogP contribution in [0.25, 0.3) is 0 Å². The van der Waals surface area contributed by atoms with Gasteiger partial charge in [0.2, 0.25) is 0 Å². The fourth-order valence-corrected chi connectivity index (χ4v) is 4.30. The van der Waals surface area contributed by atoms with Crippen LogP contribution < -0.4 is 0 Å². The van der Waals surface area contributed by atoms with Crippen molar-refractivity contribution in [1.82, 2.24) is 9.80 Å². The second-order valence-corrected chi connectivity index (χ2v) is 8.94. The van der Waals surface area contributed by atoms with Gasteiger partial charge in [-0.3, -0.25) is 0 Å². The second kappa shape index (κ2) is 16.3. The molecule has 1 rings (SSSR count). The van der Waals surface area contributed by atoms with Crippen molar-refractivity contribution in [2.75, 3.05) is 6.54 Å². The molecule has 0 saturated carbocycles. The first kappa shape index (κ1) is 24.4. The lowest BCUT2D eigenvalue weighted by molar-refractivity contribution is 0.114. The molecule has 0 aromatic rings. The van der Waals surface area contributed by atoms with Gasteiger partial charge in [-0.05, 0) is 33.1 Å². The smallest absolute Gasteiger partial charge is 0.101 e. The summed E-state index contributed by atoms with van der Waals surface area (Å²) in [5.41, 5.74) is 0. The molecule has 1 heterocycles. The molecule has 0 amide bonds. The van der Waals surface area contributed by atoms with E-state index in [9.17, 15) is 0 Å². The average Bonchev–Trinajstić information content (AvgIpc) is 3.06. The highest BCUT2D eigenvalue weighted by Gasteiger charge is 2.26. The quantitative estimate of drug-likeness (QED) is 0.222. The predicted octanol–water partition coefficient (Wildman–Crippen LogP) is 8.09. The van der Waals surface area contributed by atoms with Crippen molar-refractivity contribution in [3.63, 3.8) is 0 Å². The zero-order valence-corrected chi connectivity index (χ0v) is 19.2. The number of rotatable bonds is 18. The van der Waals surface area contributed by atoms with Crippen LogP contribution in [0.3, 0.4) is 0 Å². The highest BCUT2D eigenvalue weighted by Crippen LogP contribution is 2.24. The molecular formula is C25H50N2. The summed E-state index contributed by atoms with van der Waals surface area (Å²) in [7, 11) is 0. The van der Waals surface area contributed by atoms with E-state index in [2.05, 4.69) is 49.9 Å². The van der Waals surface area contributed by atoms with Crippen molar-refractivity contribution in [2.45, 2.75) is 143 Å². The van der Waals surface area contributed by atoms with Crippen molar-refractivity contribution in [1.29, 1.82) is 0 Å². The summed E-state index contributed by atoms with van der Waals surface area (Å²) in [6, 6.07) is 0.611. The first-order valence-corrected chi connectivity index (χ1v) is 12.4. The summed E-state index contributed by atoms with van der Waals surface area (Å²) in [6.45, 7) is 10.5. The van der Waals surface area contributed by atoms with E-state index in [1.165, 1.54) is 109 Å². The van der Waals surface area contributed by atoms with Crippen LogP contribution in [-0.2, 0) is 0 Å². The Morgan fingerprint density at radius 1 is 0.630 bits per heavy atom. The van der Waals surface area contributed by atoms with Gasteiger partial charge < -0.3 is 9.80 Å². The van der Waals surface area contributed by atoms with Crippen LogP contribution in [0.2, 0.25) is 0 Å². The van der Waals surface area contributed by atoms with Crippen LogP contribution in [0.15, 0.2) is 12.4 Å². The maximum atomic E-state index is 2.62. The van der Waals surface area contributed by atoms with Crippen LogP contribution in [-0.4, -0.2) is 28.6 Å². The molecule has 2 heteroatoms. The minimum Gasteiger partial charge on any atom is -0.356 e. The Bertz CT molecular complexity index is 350. The Kier molecular flexibility index (Phi) is 14.7. The molecule has 0 radical (unpaired) electrons. The van der Waals surface area contributed by atoms with E-state index in [-0.39, 0.29) is 0 Å². The standard InChI is InChI=1S/C25H50N2/c1-5-7-9-10-11-12-13-14-15-16-17-19-21-26-22-23-27(24(3)4)25(26)20-18-8-6-2/h22-25H,5-21H2,1-4H3. The van der Waals surface area contributed by atoms with Crippen LogP contribution >= 0.6 is 0 Å². The van der Waals surface area contributed by atoms with Gasteiger partial charge in [0.25, 0.3) is 0 Å². The van der Waals surface area contributed by atoms with E-state index in [0.717, 1.165) is 0 Å². The summed E-state index contributed by atoms with van der Waals surface area (Å²) < 4.78 is 0. The summed E-state index contributed by atoms with van der Waals surface area (Å²) in [4.78, 5) is 5.18. The van der Waals surface area contributed by atoms with Gasteiger partial charge >= 0.3 is 0 Å². The highest BCUT2D eigenvalue weighted by molar-refractivity contribution is 4.98. The molecular weight excluding hydrogens is 328 g/mol. The van der Waals surface area contributed by atoms with Crippen molar-refractivity contribution >= 4 is 0 Å². The fourth-order valence-electron chi connectivity index (χ4n) is 4.30. The molecule has 2 nitrogen and oxygen atoms in total. The van der Waals surface area contributed by atoms with E-state index >= 15 is 0 Å². The molecule has 0 N–H and O–H groups in total. The lowest BCUT2D eigenvalue weighted by atomic mass is 10.1. The van der Waals surface area contributed by atoms with Gasteiger partial charge in [-0.15, -0.1) is 0 Å². The molecule has 0 saturated heterocycles. The third kappa shape index (κ3) is 11.1. The molecule has 0 fully saturated rings. The van der Waals surface area contributed by atoms with Gasteiger partial charge in [-0.1, -0.05) is 97.3 Å². The topological polar surface area (TPSA) is 6.48 Å². The van der Waals surface area contributed by atoms with Crippen LogP contribution in [0.4, 0.5) is 0 Å². The lowest BCUT2D eigenvalue weighted by Gasteiger charge is -2.35. The van der Waals surface area contributed by atoms with Gasteiger partial charge in [0.05, 0.1) is 0 Å². The second-order valence-electron chi connectivity index (χ2n) is 8.94. The number of nitrogens with zero attached hydrogens (tertiary/aromatic N) is 2. The maximum Gasteiger partial charge on any atom is 0.101 e. The maximum absolute atomic E-state index is 2.62. The minimum atomic E-state index is 0.611. The molecule has 0 aromatic heterocycles. The van der Waals surface area contributed by atoms with Gasteiger partial charge in [-0.2, -0.15) is 0 Å². The summed E-state index contributed by atoms with van der Waals surface area (Å²) >= 11 is 0. The normalized spacial score (nSPS) is 16.9. The van der Waals surface area contributed by atoms with Crippen LogP contribution in [0, 0.1) is 0 Å². The molecule has 0 bridgehead atoms. The van der Waals surface area contributed by atoms with Crippen LogP contribution in [0.5, 0.6) is 0 Å². The Morgan fingerprint density at radius 2 is 1.11 bits per heavy atom. The zero-order valence-electron chi connectivity index (χ0n) is 19.2. The molecule has 1 unspecified atom stereocenters. The van der Waals surface area contributed by atoms with Gasteiger partial charge in [0.15, 0.2) is 0 Å². The fraction of sp³-hybridized carbons (Fsp3) is 0.920. The molecule has 0 aromatic carbocycles. The van der Waals surface area contributed by atoms with Crippen molar-refractivity contribution in [2.24, 2.45) is 0 Å². The molecule has 160 valence electrons. The third-order valence-corrected chi connectivity index (χ3v) is 6.09. The minimum absolute atomic E-state index is 0.611. The lowest BCUT2D eigenvalue weighted by Crippen LogP contribution is -2.42. The Morgan fingerprint density at radius 3 is 1.63 bits per heavy atom. The van der Waals surface area contributed by atoms with E-state index in [1.807, 2.05) is 0 Å². The SMILES string of the molecule is CCCCCCCCCCCCCCN1C=CN(C(C)C)C1CCCCC. The van der Waals surface area contributed by atoms with E-state index in [4.69, 9.17) is 0 Å². The van der Waals surface area contributed by atoms with Crippen molar-refractivity contribution < 1.29 is 0 Å². The zero-order chi connectivity index (χ0) is 19.7. The van der Waals surface area contributed by atoms with E-state index < -0.39 is 0 Å². The third-order valence-electron chi connectivity index (χ3n) is 6.09. The predicted molar refractivity (Wildman–Crippen MR) is 122 cm³/mol. The van der Waals surface area contributed by atoms with Crippen molar-refractivity contribution in [3.05, 3.63) is 12.4 Å². The van der Waals surface area contributed by atoms with Crippen molar-refractivity contribution in [3.8, 4) is 0 Å². The molecule has 1 atom stereocenters. The molecule has 0 aliphatic carbocycles. The first-order valence-electron chi connectivity index (χ1n) is 12.4. The Balaban J connectivity index is 2.05. The highest BCUT2D eigenvalue weighted by atomic mass is 15.4. The summed E-state index contributed by atoms with van der Waals surface area (Å²) in [5.74, 6) is 0. The molecule has 27 heavy (non-hydrogen) atoms. The summed E-state index contributed by atoms with van der Waals surface area (Å²) in [5, 5.41) is 0. The molecule has 1 aliphatic heterocycles. The van der Waals surface area contributed by atoms with Gasteiger partial charge in [-0.25, -0.2) is 0 Å².